The molecule has 0 aromatic heterocycles. The molecule has 3 heteroatoms. The van der Waals surface area contributed by atoms with Gasteiger partial charge in [0.2, 0.25) is 0 Å². The fourth-order valence-corrected chi connectivity index (χ4v) is 1.75. The van der Waals surface area contributed by atoms with Crippen LogP contribution in [0.2, 0.25) is 0 Å². The van der Waals surface area contributed by atoms with Crippen molar-refractivity contribution >= 4 is 10.8 Å². The molecule has 0 radical (unpaired) electrons. The van der Waals surface area contributed by atoms with Crippen molar-refractivity contribution in [3.05, 3.63) is 42.0 Å². The van der Waals surface area contributed by atoms with E-state index in [1.165, 1.54) is 7.11 Å². The fraction of sp³-hybridized carbons (Fsp3) is 0.231. The maximum atomic E-state index is 9.63. The largest absolute Gasteiger partial charge is 0.496 e. The van der Waals surface area contributed by atoms with E-state index in [1.54, 1.807) is 13.2 Å². The second-order valence-corrected chi connectivity index (χ2v) is 3.53. The Hall–Kier alpha value is -1.58. The monoisotopic (exact) mass is 218 g/mol. The van der Waals surface area contributed by atoms with E-state index in [9.17, 15) is 5.11 Å². The number of rotatable bonds is 3. The molecule has 0 fully saturated rings. The van der Waals surface area contributed by atoms with Gasteiger partial charge in [-0.05, 0) is 17.5 Å². The molecular formula is C13H14O3. The lowest BCUT2D eigenvalue weighted by Gasteiger charge is -2.12. The van der Waals surface area contributed by atoms with E-state index < -0.39 is 6.29 Å². The smallest absolute Gasteiger partial charge is 0.180 e. The zero-order chi connectivity index (χ0) is 11.5. The van der Waals surface area contributed by atoms with Crippen LogP contribution in [0, 0.1) is 0 Å². The molecule has 0 aliphatic rings. The van der Waals surface area contributed by atoms with Crippen LogP contribution in [0.15, 0.2) is 36.4 Å². The molecule has 0 aliphatic carbocycles. The molecule has 0 amide bonds. The van der Waals surface area contributed by atoms with Crippen molar-refractivity contribution in [2.75, 3.05) is 14.2 Å². The number of methoxy groups -OCH3 is 2. The van der Waals surface area contributed by atoms with Gasteiger partial charge in [0.25, 0.3) is 0 Å². The van der Waals surface area contributed by atoms with Crippen LogP contribution in [-0.4, -0.2) is 19.3 Å². The molecule has 0 saturated heterocycles. The van der Waals surface area contributed by atoms with Gasteiger partial charge in [-0.15, -0.1) is 0 Å². The Morgan fingerprint density at radius 3 is 2.56 bits per heavy atom. The Morgan fingerprint density at radius 2 is 1.88 bits per heavy atom. The van der Waals surface area contributed by atoms with Crippen molar-refractivity contribution in [3.63, 3.8) is 0 Å². The van der Waals surface area contributed by atoms with Gasteiger partial charge in [-0.25, -0.2) is 0 Å². The third kappa shape index (κ3) is 1.87. The van der Waals surface area contributed by atoms with Gasteiger partial charge >= 0.3 is 0 Å². The van der Waals surface area contributed by atoms with E-state index >= 15 is 0 Å². The Kier molecular flexibility index (Phi) is 3.08. The number of fused-ring (bicyclic) bond motifs is 1. The second kappa shape index (κ2) is 4.51. The van der Waals surface area contributed by atoms with E-state index in [1.807, 2.05) is 30.3 Å². The van der Waals surface area contributed by atoms with Crippen molar-refractivity contribution in [2.45, 2.75) is 6.29 Å². The molecular weight excluding hydrogens is 204 g/mol. The number of hydrogen-bond donors (Lipinski definition) is 1. The third-order valence-electron chi connectivity index (χ3n) is 2.57. The predicted molar refractivity (Wildman–Crippen MR) is 62.5 cm³/mol. The normalized spacial score (nSPS) is 12.7. The van der Waals surface area contributed by atoms with Gasteiger partial charge in [-0.2, -0.15) is 0 Å². The topological polar surface area (TPSA) is 38.7 Å². The molecule has 3 nitrogen and oxygen atoms in total. The van der Waals surface area contributed by atoms with Crippen LogP contribution in [-0.2, 0) is 4.74 Å². The van der Waals surface area contributed by atoms with Gasteiger partial charge in [0.1, 0.15) is 5.75 Å². The summed E-state index contributed by atoms with van der Waals surface area (Å²) in [5.41, 5.74) is 0.693. The minimum absolute atomic E-state index is 0.693. The molecule has 0 saturated carbocycles. The molecule has 0 bridgehead atoms. The van der Waals surface area contributed by atoms with Crippen molar-refractivity contribution in [1.29, 1.82) is 0 Å². The average molecular weight is 218 g/mol. The van der Waals surface area contributed by atoms with Gasteiger partial charge in [0, 0.05) is 18.1 Å². The van der Waals surface area contributed by atoms with Gasteiger partial charge in [-0.3, -0.25) is 0 Å². The highest BCUT2D eigenvalue weighted by atomic mass is 16.6. The van der Waals surface area contributed by atoms with Gasteiger partial charge < -0.3 is 14.6 Å². The summed E-state index contributed by atoms with van der Waals surface area (Å²) in [6.45, 7) is 0. The number of benzene rings is 2. The van der Waals surface area contributed by atoms with Crippen LogP contribution in [0.1, 0.15) is 11.9 Å². The summed E-state index contributed by atoms with van der Waals surface area (Å²) in [4.78, 5) is 0. The molecule has 16 heavy (non-hydrogen) atoms. The molecule has 0 heterocycles. The molecule has 0 spiro atoms. The molecule has 1 unspecified atom stereocenters. The average Bonchev–Trinajstić information content (AvgIpc) is 2.36. The van der Waals surface area contributed by atoms with Gasteiger partial charge in [-0.1, -0.05) is 24.3 Å². The summed E-state index contributed by atoms with van der Waals surface area (Å²) in [7, 11) is 3.08. The van der Waals surface area contributed by atoms with Crippen LogP contribution < -0.4 is 4.74 Å². The minimum Gasteiger partial charge on any atom is -0.496 e. The molecule has 2 aromatic carbocycles. The van der Waals surface area contributed by atoms with Crippen molar-refractivity contribution in [2.24, 2.45) is 0 Å². The van der Waals surface area contributed by atoms with E-state index in [0.29, 0.717) is 5.56 Å². The quantitative estimate of drug-likeness (QED) is 0.804. The molecule has 0 aliphatic heterocycles. The summed E-state index contributed by atoms with van der Waals surface area (Å²) in [6.07, 6.45) is -0.918. The number of aliphatic hydroxyl groups is 1. The zero-order valence-electron chi connectivity index (χ0n) is 9.31. The summed E-state index contributed by atoms with van der Waals surface area (Å²) in [5.74, 6) is 0.740. The SMILES string of the molecule is COc1cc(C(O)OC)cc2ccccc12. The number of hydrogen-bond acceptors (Lipinski definition) is 3. The lowest BCUT2D eigenvalue weighted by molar-refractivity contribution is -0.0769. The highest BCUT2D eigenvalue weighted by Crippen LogP contribution is 2.29. The fourth-order valence-electron chi connectivity index (χ4n) is 1.75. The van der Waals surface area contributed by atoms with Crippen molar-refractivity contribution in [1.82, 2.24) is 0 Å². The predicted octanol–water partition coefficient (Wildman–Crippen LogP) is 2.49. The lowest BCUT2D eigenvalue weighted by Crippen LogP contribution is -2.00. The van der Waals surface area contributed by atoms with E-state index in [-0.39, 0.29) is 0 Å². The number of ether oxygens (including phenoxy) is 2. The number of aliphatic hydroxyl groups excluding tert-OH is 1. The zero-order valence-corrected chi connectivity index (χ0v) is 9.31. The van der Waals surface area contributed by atoms with Crippen LogP contribution in [0.5, 0.6) is 5.75 Å². The molecule has 2 aromatic rings. The van der Waals surface area contributed by atoms with E-state index in [4.69, 9.17) is 9.47 Å². The van der Waals surface area contributed by atoms with Crippen molar-refractivity contribution in [3.8, 4) is 5.75 Å². The first-order chi connectivity index (χ1) is 7.76. The minimum atomic E-state index is -0.918. The lowest BCUT2D eigenvalue weighted by atomic mass is 10.1. The molecule has 2 rings (SSSR count). The highest BCUT2D eigenvalue weighted by Gasteiger charge is 2.10. The maximum absolute atomic E-state index is 9.63. The van der Waals surface area contributed by atoms with Gasteiger partial charge in [0.15, 0.2) is 6.29 Å². The molecule has 1 atom stereocenters. The van der Waals surface area contributed by atoms with Crippen LogP contribution >= 0.6 is 0 Å². The molecule has 84 valence electrons. The maximum Gasteiger partial charge on any atom is 0.180 e. The first-order valence-electron chi connectivity index (χ1n) is 5.04. The Morgan fingerprint density at radius 1 is 1.12 bits per heavy atom. The second-order valence-electron chi connectivity index (χ2n) is 3.53. The van der Waals surface area contributed by atoms with Crippen molar-refractivity contribution < 1.29 is 14.6 Å². The standard InChI is InChI=1S/C13H14O3/c1-15-12-8-10(13(14)16-2)7-9-5-3-4-6-11(9)12/h3-8,13-14H,1-2H3. The van der Waals surface area contributed by atoms with Crippen LogP contribution in [0.4, 0.5) is 0 Å². The van der Waals surface area contributed by atoms with Crippen LogP contribution in [0.3, 0.4) is 0 Å². The Balaban J connectivity index is 2.63. The third-order valence-corrected chi connectivity index (χ3v) is 2.57. The summed E-state index contributed by atoms with van der Waals surface area (Å²) in [5, 5.41) is 11.7. The summed E-state index contributed by atoms with van der Waals surface area (Å²) < 4.78 is 10.2. The first-order valence-corrected chi connectivity index (χ1v) is 5.04. The Bertz CT molecular complexity index is 494. The van der Waals surface area contributed by atoms with Crippen LogP contribution in [0.25, 0.3) is 10.8 Å². The van der Waals surface area contributed by atoms with E-state index in [2.05, 4.69) is 0 Å². The Labute approximate surface area is 94.2 Å². The van der Waals surface area contributed by atoms with E-state index in [0.717, 1.165) is 16.5 Å². The summed E-state index contributed by atoms with van der Waals surface area (Å²) in [6, 6.07) is 11.5. The highest BCUT2D eigenvalue weighted by molar-refractivity contribution is 5.89. The summed E-state index contributed by atoms with van der Waals surface area (Å²) >= 11 is 0. The van der Waals surface area contributed by atoms with Gasteiger partial charge in [0.05, 0.1) is 7.11 Å². The first kappa shape index (κ1) is 10.9. The molecule has 1 N–H and O–H groups in total.